The molecule has 2 aromatic carbocycles. The van der Waals surface area contributed by atoms with Crippen molar-refractivity contribution in [2.75, 3.05) is 18.1 Å². The lowest BCUT2D eigenvalue weighted by Crippen LogP contribution is -2.54. The number of nitrogens with zero attached hydrogens (tertiary/aromatic N) is 1. The molecule has 1 aliphatic heterocycles. The van der Waals surface area contributed by atoms with Gasteiger partial charge in [-0.25, -0.2) is 9.59 Å². The number of amides is 2. The van der Waals surface area contributed by atoms with Crippen LogP contribution in [0.3, 0.4) is 0 Å². The standard InChI is InChI=1S/C25H22N2O8S/c1-3-6-15-9-14(11-19(34-4-2)21(15)35-13-20(28)29)10-18-22(30)26-25(36)27(23(18)31)17-8-5-7-16(12-17)24(32)33/h3,5,7-12H,1,4,6,13H2,2H3,(H,28,29)(H,32,33)(H,26,30,36). The Morgan fingerprint density at radius 1 is 1.17 bits per heavy atom. The Kier molecular flexibility index (Phi) is 8.18. The zero-order valence-corrected chi connectivity index (χ0v) is 20.0. The monoisotopic (exact) mass is 510 g/mol. The maximum atomic E-state index is 13.3. The number of allylic oxidation sites excluding steroid dienone is 1. The Morgan fingerprint density at radius 2 is 1.92 bits per heavy atom. The first-order chi connectivity index (χ1) is 17.2. The van der Waals surface area contributed by atoms with Crippen LogP contribution in [0.15, 0.2) is 54.6 Å². The number of rotatable bonds is 10. The zero-order valence-electron chi connectivity index (χ0n) is 19.1. The molecule has 0 aromatic heterocycles. The predicted octanol–water partition coefficient (Wildman–Crippen LogP) is 2.81. The van der Waals surface area contributed by atoms with Gasteiger partial charge in [0.2, 0.25) is 0 Å². The summed E-state index contributed by atoms with van der Waals surface area (Å²) < 4.78 is 11.1. The Balaban J connectivity index is 2.08. The first-order valence-corrected chi connectivity index (χ1v) is 11.1. The van der Waals surface area contributed by atoms with Gasteiger partial charge in [0.1, 0.15) is 5.57 Å². The second-order valence-electron chi connectivity index (χ2n) is 7.43. The van der Waals surface area contributed by atoms with Crippen molar-refractivity contribution in [2.45, 2.75) is 13.3 Å². The van der Waals surface area contributed by atoms with Crippen LogP contribution in [0.2, 0.25) is 0 Å². The summed E-state index contributed by atoms with van der Waals surface area (Å²) >= 11 is 5.17. The molecule has 1 aliphatic rings. The van der Waals surface area contributed by atoms with Crippen molar-refractivity contribution in [1.29, 1.82) is 0 Å². The summed E-state index contributed by atoms with van der Waals surface area (Å²) in [6.07, 6.45) is 3.22. The molecule has 1 fully saturated rings. The van der Waals surface area contributed by atoms with E-state index in [1.807, 2.05) is 0 Å². The molecule has 0 radical (unpaired) electrons. The molecule has 2 aromatic rings. The highest BCUT2D eigenvalue weighted by atomic mass is 32.1. The third-order valence-electron chi connectivity index (χ3n) is 4.92. The smallest absolute Gasteiger partial charge is 0.341 e. The highest BCUT2D eigenvalue weighted by molar-refractivity contribution is 7.80. The second kappa shape index (κ2) is 11.3. The summed E-state index contributed by atoms with van der Waals surface area (Å²) in [4.78, 5) is 49.4. The number of benzene rings is 2. The van der Waals surface area contributed by atoms with Gasteiger partial charge in [0.05, 0.1) is 17.9 Å². The number of carbonyl (C=O) groups is 4. The van der Waals surface area contributed by atoms with E-state index in [1.165, 1.54) is 36.4 Å². The minimum atomic E-state index is -1.18. The topological polar surface area (TPSA) is 142 Å². The molecule has 2 amide bonds. The second-order valence-corrected chi connectivity index (χ2v) is 7.82. The van der Waals surface area contributed by atoms with Gasteiger partial charge in [0, 0.05) is 5.56 Å². The van der Waals surface area contributed by atoms with E-state index in [0.717, 1.165) is 4.90 Å². The number of aromatic carboxylic acids is 1. The predicted molar refractivity (Wildman–Crippen MR) is 134 cm³/mol. The maximum absolute atomic E-state index is 13.3. The number of carboxylic acids is 2. The van der Waals surface area contributed by atoms with E-state index in [-0.39, 0.29) is 40.0 Å². The molecule has 3 N–H and O–H groups in total. The van der Waals surface area contributed by atoms with Crippen LogP contribution in [0.5, 0.6) is 11.5 Å². The Bertz CT molecular complexity index is 1300. The molecular formula is C25H22N2O8S. The number of hydrogen-bond donors (Lipinski definition) is 3. The molecule has 3 rings (SSSR count). The van der Waals surface area contributed by atoms with Gasteiger partial charge in [0.25, 0.3) is 11.8 Å². The van der Waals surface area contributed by atoms with E-state index in [9.17, 15) is 24.3 Å². The van der Waals surface area contributed by atoms with Gasteiger partial charge >= 0.3 is 11.9 Å². The van der Waals surface area contributed by atoms with Crippen LogP contribution in [0.1, 0.15) is 28.4 Å². The van der Waals surface area contributed by atoms with E-state index in [2.05, 4.69) is 11.9 Å². The van der Waals surface area contributed by atoms with Crippen LogP contribution < -0.4 is 19.7 Å². The van der Waals surface area contributed by atoms with Crippen LogP contribution in [0.4, 0.5) is 5.69 Å². The summed E-state index contributed by atoms with van der Waals surface area (Å²) in [5.41, 5.74) is 0.807. The molecule has 0 spiro atoms. The Morgan fingerprint density at radius 3 is 2.56 bits per heavy atom. The lowest BCUT2D eigenvalue weighted by atomic mass is 10.0. The molecule has 11 heteroatoms. The van der Waals surface area contributed by atoms with Gasteiger partial charge in [-0.15, -0.1) is 6.58 Å². The van der Waals surface area contributed by atoms with Crippen molar-refractivity contribution in [3.63, 3.8) is 0 Å². The number of carboxylic acid groups (broad SMARTS) is 2. The Labute approximate surface area is 211 Å². The molecule has 0 bridgehead atoms. The van der Waals surface area contributed by atoms with Crippen LogP contribution in [0.25, 0.3) is 6.08 Å². The molecule has 0 aliphatic carbocycles. The third kappa shape index (κ3) is 5.76. The number of carbonyl (C=O) groups excluding carboxylic acids is 2. The SMILES string of the molecule is C=CCc1cc(C=C2C(=O)NC(=S)N(c3cccc(C(=O)O)c3)C2=O)cc(OCC)c1OCC(=O)O. The number of hydrogen-bond acceptors (Lipinski definition) is 7. The average molecular weight is 511 g/mol. The lowest BCUT2D eigenvalue weighted by molar-refractivity contribution is -0.139. The summed E-state index contributed by atoms with van der Waals surface area (Å²) in [5, 5.41) is 20.5. The molecular weight excluding hydrogens is 488 g/mol. The highest BCUT2D eigenvalue weighted by Gasteiger charge is 2.35. The van der Waals surface area contributed by atoms with Crippen LogP contribution >= 0.6 is 12.2 Å². The van der Waals surface area contributed by atoms with Crippen molar-refractivity contribution in [3.8, 4) is 11.5 Å². The first-order valence-electron chi connectivity index (χ1n) is 10.7. The minimum absolute atomic E-state index is 0.0575. The maximum Gasteiger partial charge on any atom is 0.341 e. The summed E-state index contributed by atoms with van der Waals surface area (Å²) in [6, 6.07) is 8.73. The average Bonchev–Trinajstić information content (AvgIpc) is 2.81. The minimum Gasteiger partial charge on any atom is -0.490 e. The molecule has 1 saturated heterocycles. The molecule has 0 atom stereocenters. The van der Waals surface area contributed by atoms with Gasteiger partial charge in [-0.2, -0.15) is 0 Å². The molecule has 0 saturated carbocycles. The summed E-state index contributed by atoms with van der Waals surface area (Å²) in [6.45, 7) is 5.10. The molecule has 1 heterocycles. The quantitative estimate of drug-likeness (QED) is 0.190. The van der Waals surface area contributed by atoms with Crippen molar-refractivity contribution in [1.82, 2.24) is 5.32 Å². The van der Waals surface area contributed by atoms with Crippen LogP contribution in [-0.4, -0.2) is 52.3 Å². The summed E-state index contributed by atoms with van der Waals surface area (Å²) in [5.74, 6) is -3.38. The lowest BCUT2D eigenvalue weighted by Gasteiger charge is -2.29. The first kappa shape index (κ1) is 26.1. The molecule has 10 nitrogen and oxygen atoms in total. The summed E-state index contributed by atoms with van der Waals surface area (Å²) in [7, 11) is 0. The fourth-order valence-electron chi connectivity index (χ4n) is 3.47. The number of aliphatic carboxylic acids is 1. The van der Waals surface area contributed by atoms with Crippen molar-refractivity contribution < 1.29 is 38.9 Å². The Hall–Kier alpha value is -4.51. The normalized spacial score (nSPS) is 14.4. The molecule has 36 heavy (non-hydrogen) atoms. The van der Waals surface area contributed by atoms with Crippen molar-refractivity contribution >= 4 is 52.8 Å². The van der Waals surface area contributed by atoms with E-state index >= 15 is 0 Å². The van der Waals surface area contributed by atoms with Gasteiger partial charge < -0.3 is 19.7 Å². The van der Waals surface area contributed by atoms with Crippen LogP contribution in [-0.2, 0) is 20.8 Å². The van der Waals surface area contributed by atoms with E-state index in [0.29, 0.717) is 17.5 Å². The number of anilines is 1. The molecule has 186 valence electrons. The van der Waals surface area contributed by atoms with E-state index in [4.69, 9.17) is 26.8 Å². The van der Waals surface area contributed by atoms with E-state index < -0.39 is 30.4 Å². The largest absolute Gasteiger partial charge is 0.490 e. The van der Waals surface area contributed by atoms with Gasteiger partial charge in [-0.3, -0.25) is 19.8 Å². The van der Waals surface area contributed by atoms with Gasteiger partial charge in [-0.1, -0.05) is 12.1 Å². The molecule has 0 unspecified atom stereocenters. The number of thiocarbonyl (C=S) groups is 1. The fourth-order valence-corrected chi connectivity index (χ4v) is 3.75. The van der Waals surface area contributed by atoms with E-state index in [1.54, 1.807) is 19.1 Å². The van der Waals surface area contributed by atoms with Gasteiger partial charge in [-0.05, 0) is 67.5 Å². The van der Waals surface area contributed by atoms with Crippen molar-refractivity contribution in [2.24, 2.45) is 0 Å². The zero-order chi connectivity index (χ0) is 26.4. The number of ether oxygens (including phenoxy) is 2. The number of nitrogens with one attached hydrogen (secondary N) is 1. The highest BCUT2D eigenvalue weighted by Crippen LogP contribution is 2.35. The van der Waals surface area contributed by atoms with Crippen LogP contribution in [0, 0.1) is 0 Å². The van der Waals surface area contributed by atoms with Gasteiger partial charge in [0.15, 0.2) is 23.2 Å². The third-order valence-corrected chi connectivity index (χ3v) is 5.21. The van der Waals surface area contributed by atoms with Crippen molar-refractivity contribution in [3.05, 3.63) is 71.3 Å². The fraction of sp³-hybridized carbons (Fsp3) is 0.160.